The number of anilines is 2. The first-order valence-electron chi connectivity index (χ1n) is 8.05. The van der Waals surface area contributed by atoms with E-state index in [1.54, 1.807) is 48.8 Å². The molecule has 1 saturated heterocycles. The maximum atomic E-state index is 12.1. The van der Waals surface area contributed by atoms with E-state index in [-0.39, 0.29) is 42.7 Å². The zero-order valence-corrected chi connectivity index (χ0v) is 15.7. The first-order valence-corrected chi connectivity index (χ1v) is 8.05. The summed E-state index contributed by atoms with van der Waals surface area (Å²) in [6.45, 7) is 0.985. The summed E-state index contributed by atoms with van der Waals surface area (Å²) in [5.74, 6) is -0.224. The van der Waals surface area contributed by atoms with Crippen LogP contribution in [0.4, 0.5) is 11.4 Å². The molecule has 0 bridgehead atoms. The summed E-state index contributed by atoms with van der Waals surface area (Å²) in [5.41, 5.74) is 1.86. The molecule has 8 heteroatoms. The van der Waals surface area contributed by atoms with Gasteiger partial charge in [0.15, 0.2) is 0 Å². The second-order valence-electron chi connectivity index (χ2n) is 5.82. The lowest BCUT2D eigenvalue weighted by atomic mass is 10.1. The van der Waals surface area contributed by atoms with Gasteiger partial charge in [0.1, 0.15) is 0 Å². The number of amides is 2. The van der Waals surface area contributed by atoms with Gasteiger partial charge in [-0.2, -0.15) is 0 Å². The van der Waals surface area contributed by atoms with Gasteiger partial charge in [-0.3, -0.25) is 14.6 Å². The molecule has 6 nitrogen and oxygen atoms in total. The number of nitrogens with one attached hydrogen (secondary N) is 3. The fourth-order valence-electron chi connectivity index (χ4n) is 2.71. The van der Waals surface area contributed by atoms with Crippen molar-refractivity contribution in [2.24, 2.45) is 0 Å². The molecule has 0 saturated carbocycles. The smallest absolute Gasteiger partial charge is 0.255 e. The van der Waals surface area contributed by atoms with E-state index in [0.717, 1.165) is 19.4 Å². The van der Waals surface area contributed by atoms with Crippen LogP contribution in [0.2, 0.25) is 0 Å². The molecule has 140 valence electrons. The molecule has 2 aromatic rings. The Morgan fingerprint density at radius 2 is 1.85 bits per heavy atom. The Bertz CT molecular complexity index is 705. The lowest BCUT2D eigenvalue weighted by Crippen LogP contribution is -2.27. The maximum Gasteiger partial charge on any atom is 0.255 e. The molecular weight excluding hydrogens is 375 g/mol. The molecule has 1 aromatic heterocycles. The van der Waals surface area contributed by atoms with E-state index >= 15 is 0 Å². The molecule has 1 aromatic carbocycles. The zero-order chi connectivity index (χ0) is 16.8. The third kappa shape index (κ3) is 6.29. The van der Waals surface area contributed by atoms with Crippen molar-refractivity contribution in [3.05, 3.63) is 54.4 Å². The van der Waals surface area contributed by atoms with E-state index in [0.29, 0.717) is 23.4 Å². The molecule has 0 spiro atoms. The van der Waals surface area contributed by atoms with Crippen molar-refractivity contribution < 1.29 is 9.59 Å². The van der Waals surface area contributed by atoms with Gasteiger partial charge < -0.3 is 16.0 Å². The summed E-state index contributed by atoms with van der Waals surface area (Å²) >= 11 is 0. The Morgan fingerprint density at radius 1 is 1.08 bits per heavy atom. The second kappa shape index (κ2) is 10.8. The van der Waals surface area contributed by atoms with Crippen molar-refractivity contribution in [2.45, 2.75) is 25.3 Å². The number of benzene rings is 1. The number of carbonyl (C=O) groups excluding carboxylic acids is 2. The van der Waals surface area contributed by atoms with Gasteiger partial charge in [0.25, 0.3) is 5.91 Å². The second-order valence-corrected chi connectivity index (χ2v) is 5.82. The summed E-state index contributed by atoms with van der Waals surface area (Å²) in [5, 5.41) is 8.94. The molecule has 2 heterocycles. The SMILES string of the molecule is Cl.Cl.O=C(CC1CCCN1)Nc1ccc(C(=O)Nc2cccnc2)cc1. The number of nitrogens with zero attached hydrogens (tertiary/aromatic N) is 1. The summed E-state index contributed by atoms with van der Waals surface area (Å²) < 4.78 is 0. The standard InChI is InChI=1S/C18H20N4O2.2ClH/c23-17(11-15-3-2-10-20-15)21-14-7-5-13(6-8-14)18(24)22-16-4-1-9-19-12-16;;/h1,4-9,12,15,20H,2-3,10-11H2,(H,21,23)(H,22,24);2*1H. The number of hydrogen-bond donors (Lipinski definition) is 3. The van der Waals surface area contributed by atoms with E-state index in [4.69, 9.17) is 0 Å². The molecular formula is C18H22Cl2N4O2. The Labute approximate surface area is 165 Å². The average Bonchev–Trinajstić information content (AvgIpc) is 3.09. The molecule has 3 N–H and O–H groups in total. The number of aromatic nitrogens is 1. The fraction of sp³-hybridized carbons (Fsp3) is 0.278. The van der Waals surface area contributed by atoms with Crippen LogP contribution in [0.15, 0.2) is 48.8 Å². The minimum Gasteiger partial charge on any atom is -0.326 e. The minimum absolute atomic E-state index is 0. The van der Waals surface area contributed by atoms with Crippen LogP contribution in [-0.2, 0) is 4.79 Å². The van der Waals surface area contributed by atoms with Crippen LogP contribution in [0.1, 0.15) is 29.6 Å². The Balaban J connectivity index is 0.00000169. The van der Waals surface area contributed by atoms with Crippen molar-refractivity contribution >= 4 is 48.0 Å². The van der Waals surface area contributed by atoms with Gasteiger partial charge in [-0.1, -0.05) is 0 Å². The largest absolute Gasteiger partial charge is 0.326 e. The monoisotopic (exact) mass is 396 g/mol. The van der Waals surface area contributed by atoms with Crippen LogP contribution in [0, 0.1) is 0 Å². The van der Waals surface area contributed by atoms with E-state index in [9.17, 15) is 9.59 Å². The molecule has 1 atom stereocenters. The molecule has 0 radical (unpaired) electrons. The molecule has 2 amide bonds. The number of carbonyl (C=O) groups is 2. The first kappa shape index (κ1) is 21.9. The highest BCUT2D eigenvalue weighted by Gasteiger charge is 2.17. The number of halogens is 2. The molecule has 1 unspecified atom stereocenters. The van der Waals surface area contributed by atoms with E-state index in [1.807, 2.05) is 0 Å². The van der Waals surface area contributed by atoms with Gasteiger partial charge in [0, 0.05) is 29.9 Å². The highest BCUT2D eigenvalue weighted by molar-refractivity contribution is 6.04. The van der Waals surface area contributed by atoms with Crippen LogP contribution < -0.4 is 16.0 Å². The third-order valence-corrected chi connectivity index (χ3v) is 3.94. The van der Waals surface area contributed by atoms with E-state index in [2.05, 4.69) is 20.9 Å². The Kier molecular flexibility index (Phi) is 9.05. The fourth-order valence-corrected chi connectivity index (χ4v) is 2.71. The van der Waals surface area contributed by atoms with Gasteiger partial charge in [-0.15, -0.1) is 24.8 Å². The quantitative estimate of drug-likeness (QED) is 0.723. The van der Waals surface area contributed by atoms with Crippen LogP contribution in [0.3, 0.4) is 0 Å². The van der Waals surface area contributed by atoms with Gasteiger partial charge in [0.05, 0.1) is 11.9 Å². The normalized spacial score (nSPS) is 15.3. The number of pyridine rings is 1. The third-order valence-electron chi connectivity index (χ3n) is 3.94. The highest BCUT2D eigenvalue weighted by Crippen LogP contribution is 2.14. The van der Waals surface area contributed by atoms with E-state index in [1.165, 1.54) is 0 Å². The highest BCUT2D eigenvalue weighted by atomic mass is 35.5. The first-order chi connectivity index (χ1) is 11.7. The van der Waals surface area contributed by atoms with Gasteiger partial charge >= 0.3 is 0 Å². The summed E-state index contributed by atoms with van der Waals surface area (Å²) in [7, 11) is 0. The Hall–Kier alpha value is -2.15. The predicted molar refractivity (Wildman–Crippen MR) is 107 cm³/mol. The van der Waals surface area contributed by atoms with Gasteiger partial charge in [0.2, 0.25) is 5.91 Å². The number of hydrogen-bond acceptors (Lipinski definition) is 4. The van der Waals surface area contributed by atoms with Gasteiger partial charge in [-0.25, -0.2) is 0 Å². The zero-order valence-electron chi connectivity index (χ0n) is 14.1. The van der Waals surface area contributed by atoms with Crippen molar-refractivity contribution in [3.8, 4) is 0 Å². The van der Waals surface area contributed by atoms with Crippen molar-refractivity contribution in [2.75, 3.05) is 17.2 Å². The van der Waals surface area contributed by atoms with Crippen LogP contribution >= 0.6 is 24.8 Å². The Morgan fingerprint density at radius 3 is 2.46 bits per heavy atom. The summed E-state index contributed by atoms with van der Waals surface area (Å²) in [6.07, 6.45) is 5.88. The average molecular weight is 397 g/mol. The lowest BCUT2D eigenvalue weighted by molar-refractivity contribution is -0.116. The van der Waals surface area contributed by atoms with Crippen LogP contribution in [0.5, 0.6) is 0 Å². The molecule has 3 rings (SSSR count). The molecule has 26 heavy (non-hydrogen) atoms. The minimum atomic E-state index is -0.212. The number of rotatable bonds is 5. The topological polar surface area (TPSA) is 83.1 Å². The van der Waals surface area contributed by atoms with Crippen molar-refractivity contribution in [1.29, 1.82) is 0 Å². The summed E-state index contributed by atoms with van der Waals surface area (Å²) in [6, 6.07) is 10.7. The molecule has 1 fully saturated rings. The molecule has 1 aliphatic rings. The van der Waals surface area contributed by atoms with Gasteiger partial charge in [-0.05, 0) is 55.8 Å². The maximum absolute atomic E-state index is 12.1. The van der Waals surface area contributed by atoms with Crippen LogP contribution in [-0.4, -0.2) is 29.4 Å². The molecule has 0 aliphatic carbocycles. The lowest BCUT2D eigenvalue weighted by Gasteiger charge is -2.11. The van der Waals surface area contributed by atoms with E-state index < -0.39 is 0 Å². The van der Waals surface area contributed by atoms with Crippen molar-refractivity contribution in [1.82, 2.24) is 10.3 Å². The van der Waals surface area contributed by atoms with Crippen LogP contribution in [0.25, 0.3) is 0 Å². The predicted octanol–water partition coefficient (Wildman–Crippen LogP) is 3.26. The summed E-state index contributed by atoms with van der Waals surface area (Å²) in [4.78, 5) is 28.1. The molecule has 1 aliphatic heterocycles. The van der Waals surface area contributed by atoms with Crippen molar-refractivity contribution in [3.63, 3.8) is 0 Å².